The van der Waals surface area contributed by atoms with Crippen LogP contribution in [-0.4, -0.2) is 15.9 Å². The molecule has 0 aromatic heterocycles. The molecule has 18 heavy (non-hydrogen) atoms. The van der Waals surface area contributed by atoms with Crippen molar-refractivity contribution in [1.82, 2.24) is 4.72 Å². The fourth-order valence-corrected chi connectivity index (χ4v) is 3.03. The summed E-state index contributed by atoms with van der Waals surface area (Å²) < 4.78 is 21.8. The topological polar surface area (TPSA) is 44.3 Å². The molecule has 0 bridgehead atoms. The molecule has 0 spiro atoms. The molecule has 1 aromatic carbocycles. The van der Waals surface area contributed by atoms with Gasteiger partial charge in [0, 0.05) is 27.8 Å². The third-order valence-corrected chi connectivity index (χ3v) is 4.92. The smallest absolute Gasteiger partial charge is 0.136 e. The van der Waals surface area contributed by atoms with Crippen LogP contribution in [-0.2, 0) is 11.4 Å². The quantitative estimate of drug-likeness (QED) is 0.845. The van der Waals surface area contributed by atoms with Crippen LogP contribution in [0.2, 0.25) is 0 Å². The van der Waals surface area contributed by atoms with Crippen molar-refractivity contribution >= 4 is 27.3 Å². The third kappa shape index (κ3) is 3.20. The van der Waals surface area contributed by atoms with Gasteiger partial charge in [-0.25, -0.2) is 0 Å². The predicted molar refractivity (Wildman–Crippen MR) is 78.0 cm³/mol. The molecule has 100 valence electrons. The van der Waals surface area contributed by atoms with Gasteiger partial charge in [-0.3, -0.25) is 0 Å². The second-order valence-corrected chi connectivity index (χ2v) is 8.28. The van der Waals surface area contributed by atoms with Gasteiger partial charge in [0.1, 0.15) is 10.5 Å². The largest absolute Gasteiger partial charge is 0.598 e. The molecule has 1 N–H and O–H groups in total. The van der Waals surface area contributed by atoms with E-state index >= 15 is 0 Å². The molecule has 0 fully saturated rings. The Hall–Kier alpha value is -0.230. The summed E-state index contributed by atoms with van der Waals surface area (Å²) in [6, 6.07) is 6.03. The molecule has 0 radical (unpaired) electrons. The zero-order valence-corrected chi connectivity index (χ0v) is 13.2. The number of nitrogens with one attached hydrogen (secondary N) is 1. The molecule has 0 unspecified atom stereocenters. The summed E-state index contributed by atoms with van der Waals surface area (Å²) in [5, 5.41) is 0. The second-order valence-electron chi connectivity index (χ2n) is 5.37. The average molecular weight is 332 g/mol. The van der Waals surface area contributed by atoms with E-state index < -0.39 is 11.4 Å². The number of fused-ring (bicyclic) bond motifs is 1. The Labute approximate surface area is 120 Å². The Balaban J connectivity index is 2.20. The first kappa shape index (κ1) is 14.2. The molecular weight excluding hydrogens is 314 g/mol. The van der Waals surface area contributed by atoms with Crippen molar-refractivity contribution in [2.24, 2.45) is 0 Å². The Bertz CT molecular complexity index is 433. The summed E-state index contributed by atoms with van der Waals surface area (Å²) in [5.41, 5.74) is 1.08. The SMILES string of the molecule is CC(C)(C)[S@+]([O-])N[C@@H]1CCOc2ccc(Br)cc21. The normalized spacial score (nSPS) is 21.1. The van der Waals surface area contributed by atoms with Gasteiger partial charge in [0.15, 0.2) is 0 Å². The van der Waals surface area contributed by atoms with E-state index in [0.29, 0.717) is 6.61 Å². The minimum atomic E-state index is -1.07. The lowest BCUT2D eigenvalue weighted by Crippen LogP contribution is -2.42. The summed E-state index contributed by atoms with van der Waals surface area (Å²) >= 11 is 2.39. The molecule has 0 saturated heterocycles. The monoisotopic (exact) mass is 331 g/mol. The number of benzene rings is 1. The number of ether oxygens (including phenoxy) is 1. The molecule has 0 saturated carbocycles. The lowest BCUT2D eigenvalue weighted by atomic mass is 10.0. The lowest BCUT2D eigenvalue weighted by Gasteiger charge is -2.31. The number of hydrogen-bond donors (Lipinski definition) is 1. The standard InChI is InChI=1S/C13H18BrNO2S/c1-13(2,3)18(16)15-11-6-7-17-12-5-4-9(14)8-10(11)12/h4-5,8,11,15H,6-7H2,1-3H3/t11-,18+/m1/s1. The van der Waals surface area contributed by atoms with E-state index in [1.165, 1.54) is 0 Å². The minimum Gasteiger partial charge on any atom is -0.598 e. The van der Waals surface area contributed by atoms with Crippen LogP contribution in [0.3, 0.4) is 0 Å². The first-order chi connectivity index (χ1) is 8.38. The number of rotatable bonds is 2. The Kier molecular flexibility index (Phi) is 4.26. The number of halogens is 1. The first-order valence-corrected chi connectivity index (χ1v) is 7.92. The van der Waals surface area contributed by atoms with Crippen LogP contribution >= 0.6 is 15.9 Å². The average Bonchev–Trinajstić information content (AvgIpc) is 2.28. The van der Waals surface area contributed by atoms with Crippen LogP contribution in [0, 0.1) is 0 Å². The van der Waals surface area contributed by atoms with Crippen LogP contribution in [0.25, 0.3) is 0 Å². The summed E-state index contributed by atoms with van der Waals surface area (Å²) in [5.74, 6) is 0.882. The van der Waals surface area contributed by atoms with Gasteiger partial charge in [0.25, 0.3) is 0 Å². The highest BCUT2D eigenvalue weighted by Gasteiger charge is 2.32. The lowest BCUT2D eigenvalue weighted by molar-refractivity contribution is 0.262. The molecule has 1 heterocycles. The molecular formula is C13H18BrNO2S. The molecule has 3 nitrogen and oxygen atoms in total. The van der Waals surface area contributed by atoms with Gasteiger partial charge in [-0.1, -0.05) is 15.9 Å². The zero-order valence-electron chi connectivity index (χ0n) is 10.8. The fourth-order valence-electron chi connectivity index (χ4n) is 1.79. The van der Waals surface area contributed by atoms with Crippen LogP contribution in [0.5, 0.6) is 5.75 Å². The molecule has 5 heteroatoms. The van der Waals surface area contributed by atoms with E-state index in [-0.39, 0.29) is 10.8 Å². The van der Waals surface area contributed by atoms with Crippen molar-refractivity contribution in [2.75, 3.05) is 6.61 Å². The molecule has 0 aliphatic carbocycles. The zero-order chi connectivity index (χ0) is 13.3. The first-order valence-electron chi connectivity index (χ1n) is 5.98. The molecule has 2 rings (SSSR count). The van der Waals surface area contributed by atoms with Gasteiger partial charge in [0.05, 0.1) is 12.6 Å². The van der Waals surface area contributed by atoms with Crippen LogP contribution < -0.4 is 9.46 Å². The van der Waals surface area contributed by atoms with Gasteiger partial charge in [-0.15, -0.1) is 4.72 Å². The Morgan fingerprint density at radius 1 is 1.44 bits per heavy atom. The maximum Gasteiger partial charge on any atom is 0.136 e. The summed E-state index contributed by atoms with van der Waals surface area (Å²) in [6.07, 6.45) is 0.839. The molecule has 1 aliphatic rings. The minimum absolute atomic E-state index is 0.0892. The molecule has 1 aromatic rings. The van der Waals surface area contributed by atoms with E-state index in [2.05, 4.69) is 20.7 Å². The maximum absolute atomic E-state index is 12.2. The Morgan fingerprint density at radius 3 is 2.83 bits per heavy atom. The van der Waals surface area contributed by atoms with Crippen LogP contribution in [0.1, 0.15) is 38.8 Å². The Morgan fingerprint density at radius 2 is 2.17 bits per heavy atom. The summed E-state index contributed by atoms with van der Waals surface area (Å²) in [4.78, 5) is 0. The molecule has 1 aliphatic heterocycles. The van der Waals surface area contributed by atoms with Crippen LogP contribution in [0.15, 0.2) is 22.7 Å². The van der Waals surface area contributed by atoms with E-state index in [1.54, 1.807) is 0 Å². The molecule has 0 amide bonds. The highest BCUT2D eigenvalue weighted by atomic mass is 79.9. The van der Waals surface area contributed by atoms with E-state index in [1.807, 2.05) is 39.0 Å². The van der Waals surface area contributed by atoms with Gasteiger partial charge in [-0.2, -0.15) is 0 Å². The van der Waals surface area contributed by atoms with Crippen molar-refractivity contribution in [1.29, 1.82) is 0 Å². The van der Waals surface area contributed by atoms with Crippen molar-refractivity contribution in [3.05, 3.63) is 28.2 Å². The van der Waals surface area contributed by atoms with Crippen LogP contribution in [0.4, 0.5) is 0 Å². The fraction of sp³-hybridized carbons (Fsp3) is 0.538. The van der Waals surface area contributed by atoms with Gasteiger partial charge in [0.2, 0.25) is 0 Å². The highest BCUT2D eigenvalue weighted by Crippen LogP contribution is 2.35. The van der Waals surface area contributed by atoms with Gasteiger partial charge in [-0.05, 0) is 39.0 Å². The highest BCUT2D eigenvalue weighted by molar-refractivity contribution is 9.10. The van der Waals surface area contributed by atoms with Gasteiger partial charge >= 0.3 is 0 Å². The second kappa shape index (κ2) is 5.41. The van der Waals surface area contributed by atoms with E-state index in [0.717, 1.165) is 22.2 Å². The third-order valence-electron chi connectivity index (χ3n) is 2.82. The van der Waals surface area contributed by atoms with Crippen molar-refractivity contribution in [2.45, 2.75) is 38.0 Å². The predicted octanol–water partition coefficient (Wildman–Crippen LogP) is 3.32. The molecule has 2 atom stereocenters. The number of hydrogen-bond acceptors (Lipinski definition) is 3. The van der Waals surface area contributed by atoms with Crippen molar-refractivity contribution in [3.63, 3.8) is 0 Å². The van der Waals surface area contributed by atoms with Crippen molar-refractivity contribution in [3.8, 4) is 5.75 Å². The van der Waals surface area contributed by atoms with E-state index in [9.17, 15) is 4.55 Å². The van der Waals surface area contributed by atoms with Crippen molar-refractivity contribution < 1.29 is 9.29 Å². The summed E-state index contributed by atoms with van der Waals surface area (Å²) in [6.45, 7) is 6.57. The maximum atomic E-state index is 12.2. The van der Waals surface area contributed by atoms with Gasteiger partial charge < -0.3 is 9.29 Å². The van der Waals surface area contributed by atoms with E-state index in [4.69, 9.17) is 4.74 Å². The summed E-state index contributed by atoms with van der Waals surface area (Å²) in [7, 11) is 0.